The van der Waals surface area contributed by atoms with Crippen molar-refractivity contribution in [3.8, 4) is 0 Å². The van der Waals surface area contributed by atoms with E-state index in [-0.39, 0.29) is 30.4 Å². The molecule has 0 aliphatic carbocycles. The third kappa shape index (κ3) is 2.61. The van der Waals surface area contributed by atoms with E-state index in [0.29, 0.717) is 0 Å². The summed E-state index contributed by atoms with van der Waals surface area (Å²) in [6.07, 6.45) is 0. The van der Waals surface area contributed by atoms with Gasteiger partial charge in [-0.2, -0.15) is 0 Å². The van der Waals surface area contributed by atoms with Gasteiger partial charge in [0.05, 0.1) is 10.6 Å². The number of halogens is 1. The van der Waals surface area contributed by atoms with E-state index in [1.807, 2.05) is 0 Å². The molecule has 0 fully saturated rings. The second kappa shape index (κ2) is 4.49. The number of aromatic carboxylic acids is 1. The fraction of sp³-hybridized carbons (Fsp3) is 0. The maximum absolute atomic E-state index is 10.3. The van der Waals surface area contributed by atoms with Gasteiger partial charge in [-0.1, -0.05) is 23.7 Å². The molecule has 2 nitrogen and oxygen atoms in total. The number of carboxylic acids is 1. The number of carbonyl (C=O) groups is 1. The summed E-state index contributed by atoms with van der Waals surface area (Å²) in [4.78, 5) is 10.3. The molecule has 0 spiro atoms. The second-order valence-corrected chi connectivity index (χ2v) is 2.19. The first-order valence-corrected chi connectivity index (χ1v) is 3.07. The molecule has 0 radical (unpaired) electrons. The molecule has 0 amide bonds. The fourth-order valence-corrected chi connectivity index (χ4v) is 0.851. The third-order valence-electron chi connectivity index (χ3n) is 1.10. The van der Waals surface area contributed by atoms with E-state index in [1.165, 1.54) is 6.07 Å². The zero-order valence-electron chi connectivity index (χ0n) is 5.04. The summed E-state index contributed by atoms with van der Waals surface area (Å²) in [7, 11) is 0. The number of rotatable bonds is 1. The Balaban J connectivity index is 0.000001000. The predicted molar refractivity (Wildman–Crippen MR) is 48.4 cm³/mol. The van der Waals surface area contributed by atoms with E-state index < -0.39 is 5.97 Å². The van der Waals surface area contributed by atoms with Gasteiger partial charge in [-0.3, -0.25) is 0 Å². The SMILES string of the molecule is O=C(O)c1ccccc1Cl.[GaH3]. The van der Waals surface area contributed by atoms with Crippen molar-refractivity contribution in [1.29, 1.82) is 0 Å². The van der Waals surface area contributed by atoms with Gasteiger partial charge in [0.25, 0.3) is 0 Å². The molecule has 0 unspecified atom stereocenters. The van der Waals surface area contributed by atoms with E-state index in [9.17, 15) is 4.79 Å². The van der Waals surface area contributed by atoms with Crippen molar-refractivity contribution >= 4 is 37.4 Å². The fourth-order valence-electron chi connectivity index (χ4n) is 0.635. The van der Waals surface area contributed by atoms with E-state index in [2.05, 4.69) is 0 Å². The number of carboxylic acid groups (broad SMARTS) is 1. The van der Waals surface area contributed by atoms with Crippen LogP contribution in [-0.2, 0) is 0 Å². The van der Waals surface area contributed by atoms with Crippen molar-refractivity contribution in [2.75, 3.05) is 0 Å². The molecule has 0 heterocycles. The van der Waals surface area contributed by atoms with Crippen molar-refractivity contribution in [2.24, 2.45) is 0 Å². The van der Waals surface area contributed by atoms with Gasteiger partial charge in [0.2, 0.25) is 0 Å². The topological polar surface area (TPSA) is 37.3 Å². The molecule has 0 saturated carbocycles. The summed E-state index contributed by atoms with van der Waals surface area (Å²) >= 11 is 5.54. The Morgan fingerprint density at radius 1 is 1.36 bits per heavy atom. The van der Waals surface area contributed by atoms with Gasteiger partial charge < -0.3 is 5.11 Å². The molecule has 1 aromatic rings. The van der Waals surface area contributed by atoms with Gasteiger partial charge in [0.1, 0.15) is 0 Å². The van der Waals surface area contributed by atoms with Crippen molar-refractivity contribution in [1.82, 2.24) is 0 Å². The minimum absolute atomic E-state index is 0. The van der Waals surface area contributed by atoms with Crippen molar-refractivity contribution in [2.45, 2.75) is 0 Å². The minimum atomic E-state index is -0.995. The van der Waals surface area contributed by atoms with Crippen LogP contribution >= 0.6 is 11.6 Å². The molecule has 4 heteroatoms. The quantitative estimate of drug-likeness (QED) is 0.725. The Morgan fingerprint density at radius 2 is 1.91 bits per heavy atom. The van der Waals surface area contributed by atoms with Gasteiger partial charge in [-0.15, -0.1) is 0 Å². The van der Waals surface area contributed by atoms with E-state index in [1.54, 1.807) is 18.2 Å². The second-order valence-electron chi connectivity index (χ2n) is 1.78. The van der Waals surface area contributed by atoms with Crippen LogP contribution in [0.2, 0.25) is 5.02 Å². The molecule has 11 heavy (non-hydrogen) atoms. The number of benzene rings is 1. The van der Waals surface area contributed by atoms with Gasteiger partial charge in [0, 0.05) is 0 Å². The third-order valence-corrected chi connectivity index (χ3v) is 1.43. The number of hydrogen-bond donors (Lipinski definition) is 1. The van der Waals surface area contributed by atoms with Gasteiger partial charge in [-0.25, -0.2) is 4.79 Å². The Kier molecular flexibility index (Phi) is 4.33. The summed E-state index contributed by atoms with van der Waals surface area (Å²) in [5.74, 6) is -0.995. The van der Waals surface area contributed by atoms with E-state index >= 15 is 0 Å². The van der Waals surface area contributed by atoms with Gasteiger partial charge in [-0.05, 0) is 12.1 Å². The molecule has 0 bridgehead atoms. The van der Waals surface area contributed by atoms with Crippen molar-refractivity contribution < 1.29 is 9.90 Å². The van der Waals surface area contributed by atoms with Gasteiger partial charge in [0.15, 0.2) is 0 Å². The molecule has 0 atom stereocenters. The van der Waals surface area contributed by atoms with Crippen LogP contribution in [0, 0.1) is 0 Å². The summed E-state index contributed by atoms with van der Waals surface area (Å²) in [5.41, 5.74) is 0.143. The number of hydrogen-bond acceptors (Lipinski definition) is 1. The van der Waals surface area contributed by atoms with Crippen LogP contribution in [0.1, 0.15) is 10.4 Å². The first-order valence-electron chi connectivity index (χ1n) is 2.69. The molecular weight excluding hydrogens is 221 g/mol. The van der Waals surface area contributed by atoms with Crippen LogP contribution in [0.25, 0.3) is 0 Å². The molecule has 1 aromatic carbocycles. The van der Waals surface area contributed by atoms with Crippen LogP contribution in [-0.4, -0.2) is 30.9 Å². The summed E-state index contributed by atoms with van der Waals surface area (Å²) < 4.78 is 0. The molecule has 0 aliphatic heterocycles. The Labute approximate surface area is 82.2 Å². The Hall–Kier alpha value is -0.384. The van der Waals surface area contributed by atoms with E-state index in [0.717, 1.165) is 0 Å². The van der Waals surface area contributed by atoms with E-state index in [4.69, 9.17) is 16.7 Å². The molecular formula is C7H8ClGaO2. The van der Waals surface area contributed by atoms with Crippen LogP contribution in [0.4, 0.5) is 0 Å². The average Bonchev–Trinajstić information content (AvgIpc) is 1.88. The Bertz CT molecular complexity index is 262. The molecule has 0 aromatic heterocycles. The zero-order valence-corrected chi connectivity index (χ0v) is 5.80. The molecule has 1 rings (SSSR count). The van der Waals surface area contributed by atoms with Crippen LogP contribution in [0.15, 0.2) is 24.3 Å². The molecule has 0 aliphatic rings. The van der Waals surface area contributed by atoms with Crippen LogP contribution < -0.4 is 0 Å². The van der Waals surface area contributed by atoms with Crippen LogP contribution in [0.3, 0.4) is 0 Å². The summed E-state index contributed by atoms with van der Waals surface area (Å²) in [6.45, 7) is 0. The summed E-state index contributed by atoms with van der Waals surface area (Å²) in [5, 5.41) is 8.75. The monoisotopic (exact) mass is 228 g/mol. The van der Waals surface area contributed by atoms with Crippen molar-refractivity contribution in [3.63, 3.8) is 0 Å². The van der Waals surface area contributed by atoms with Crippen LogP contribution in [0.5, 0.6) is 0 Å². The zero-order chi connectivity index (χ0) is 7.56. The average molecular weight is 229 g/mol. The van der Waals surface area contributed by atoms with Gasteiger partial charge >= 0.3 is 25.8 Å². The Morgan fingerprint density at radius 3 is 2.27 bits per heavy atom. The molecule has 1 N–H and O–H groups in total. The molecule has 58 valence electrons. The normalized spacial score (nSPS) is 8.45. The standard InChI is InChI=1S/C7H5ClO2.Ga.3H/c8-6-4-2-1-3-5(6)7(9)10;;;;/h1-4H,(H,9,10);;;;. The first-order chi connectivity index (χ1) is 4.72. The molecule has 0 saturated heterocycles. The summed E-state index contributed by atoms with van der Waals surface area (Å²) in [6, 6.07) is 6.33. The van der Waals surface area contributed by atoms with Crippen molar-refractivity contribution in [3.05, 3.63) is 34.9 Å². The first kappa shape index (κ1) is 10.6. The predicted octanol–water partition coefficient (Wildman–Crippen LogP) is 0.854. The maximum atomic E-state index is 10.3.